The van der Waals surface area contributed by atoms with Gasteiger partial charge >= 0.3 is 7.12 Å². The molecule has 1 aromatic heterocycles. The van der Waals surface area contributed by atoms with Gasteiger partial charge in [0.1, 0.15) is 6.61 Å². The molecule has 0 N–H and O–H groups in total. The van der Waals surface area contributed by atoms with Crippen molar-refractivity contribution in [3.05, 3.63) is 12.4 Å². The molecular weight excluding hydrogens is 271 g/mol. The third-order valence-corrected chi connectivity index (χ3v) is 4.35. The van der Waals surface area contributed by atoms with Crippen LogP contribution in [0.2, 0.25) is 0 Å². The van der Waals surface area contributed by atoms with E-state index in [0.29, 0.717) is 18.1 Å². The van der Waals surface area contributed by atoms with Crippen LogP contribution in [0, 0.1) is 0 Å². The van der Waals surface area contributed by atoms with Gasteiger partial charge in [-0.1, -0.05) is 0 Å². The highest BCUT2D eigenvalue weighted by Gasteiger charge is 2.52. The molecule has 1 aromatic rings. The summed E-state index contributed by atoms with van der Waals surface area (Å²) in [4.78, 5) is 8.58. The van der Waals surface area contributed by atoms with Crippen molar-refractivity contribution in [2.24, 2.45) is 0 Å². The van der Waals surface area contributed by atoms with Crippen molar-refractivity contribution in [1.29, 1.82) is 0 Å². The van der Waals surface area contributed by atoms with E-state index >= 15 is 0 Å². The Morgan fingerprint density at radius 1 is 1.19 bits per heavy atom. The van der Waals surface area contributed by atoms with Gasteiger partial charge in [-0.25, -0.2) is 4.98 Å². The fourth-order valence-corrected chi connectivity index (χ4v) is 2.08. The van der Waals surface area contributed by atoms with Crippen LogP contribution in [0.25, 0.3) is 0 Å². The van der Waals surface area contributed by atoms with Gasteiger partial charge < -0.3 is 18.8 Å². The number of hydrogen-bond acceptors (Lipinski definition) is 6. The van der Waals surface area contributed by atoms with Gasteiger partial charge in [0.15, 0.2) is 0 Å². The van der Waals surface area contributed by atoms with E-state index in [2.05, 4.69) is 9.97 Å². The van der Waals surface area contributed by atoms with Gasteiger partial charge in [-0.05, 0) is 27.7 Å². The lowest BCUT2D eigenvalue weighted by Gasteiger charge is -2.32. The van der Waals surface area contributed by atoms with Crippen molar-refractivity contribution in [2.75, 3.05) is 13.2 Å². The highest BCUT2D eigenvalue weighted by atomic mass is 16.7. The third kappa shape index (κ3) is 2.91. The molecule has 6 nitrogen and oxygen atoms in total. The Hall–Kier alpha value is -1.18. The number of rotatable bonds is 4. The number of ether oxygens (including phenoxy) is 2. The van der Waals surface area contributed by atoms with Gasteiger partial charge in [0, 0.05) is 19.2 Å². The molecule has 0 radical (unpaired) electrons. The Bertz CT molecular complexity index is 486. The first-order valence-corrected chi connectivity index (χ1v) is 7.29. The van der Waals surface area contributed by atoms with Crippen molar-refractivity contribution < 1.29 is 18.8 Å². The Balaban J connectivity index is 1.62. The average molecular weight is 292 g/mol. The summed E-state index contributed by atoms with van der Waals surface area (Å²) >= 11 is 0. The normalized spacial score (nSPS) is 26.5. The fraction of sp³-hybridized carbons (Fsp3) is 0.714. The van der Waals surface area contributed by atoms with Crippen LogP contribution < -0.4 is 10.3 Å². The predicted octanol–water partition coefficient (Wildman–Crippen LogP) is 0.943. The molecule has 0 spiro atoms. The number of hydrogen-bond donors (Lipinski definition) is 0. The zero-order valence-electron chi connectivity index (χ0n) is 13.0. The smallest absolute Gasteiger partial charge is 0.474 e. The summed E-state index contributed by atoms with van der Waals surface area (Å²) in [5.41, 5.74) is -0.104. The molecule has 0 aromatic carbocycles. The summed E-state index contributed by atoms with van der Waals surface area (Å²) in [6.45, 7) is 9.38. The van der Waals surface area contributed by atoms with E-state index in [1.54, 1.807) is 12.4 Å². The zero-order valence-corrected chi connectivity index (χ0v) is 13.0. The molecule has 7 heteroatoms. The first kappa shape index (κ1) is 14.7. The predicted molar refractivity (Wildman–Crippen MR) is 77.6 cm³/mol. The summed E-state index contributed by atoms with van der Waals surface area (Å²) in [5.74, 6) is 0.491. The molecule has 0 bridgehead atoms. The molecule has 2 aliphatic heterocycles. The molecule has 21 heavy (non-hydrogen) atoms. The average Bonchev–Trinajstić information content (AvgIpc) is 2.57. The number of aromatic nitrogens is 2. The van der Waals surface area contributed by atoms with E-state index in [1.165, 1.54) is 0 Å². The van der Waals surface area contributed by atoms with Crippen LogP contribution in [0.5, 0.6) is 5.88 Å². The SMILES string of the molecule is CC1(C)OB(c2cnc(OCC3CCO3)cn2)OC1(C)C. The van der Waals surface area contributed by atoms with Crippen LogP contribution in [0.4, 0.5) is 0 Å². The molecule has 2 aliphatic rings. The van der Waals surface area contributed by atoms with Gasteiger partial charge in [0.2, 0.25) is 5.88 Å². The number of nitrogens with zero attached hydrogens (tertiary/aromatic N) is 2. The summed E-state index contributed by atoms with van der Waals surface area (Å²) in [6, 6.07) is 0. The van der Waals surface area contributed by atoms with Crippen LogP contribution in [0.1, 0.15) is 34.1 Å². The summed E-state index contributed by atoms with van der Waals surface area (Å²) in [5, 5.41) is 0. The fourth-order valence-electron chi connectivity index (χ4n) is 2.08. The monoisotopic (exact) mass is 292 g/mol. The maximum Gasteiger partial charge on any atom is 0.516 e. The third-order valence-electron chi connectivity index (χ3n) is 4.35. The molecule has 0 amide bonds. The van der Waals surface area contributed by atoms with E-state index < -0.39 is 7.12 Å². The molecule has 0 aliphatic carbocycles. The first-order valence-electron chi connectivity index (χ1n) is 7.29. The van der Waals surface area contributed by atoms with Gasteiger partial charge in [0.25, 0.3) is 0 Å². The topological polar surface area (TPSA) is 62.7 Å². The lowest BCUT2D eigenvalue weighted by molar-refractivity contribution is -0.0727. The van der Waals surface area contributed by atoms with Crippen LogP contribution in [0.15, 0.2) is 12.4 Å². The molecule has 1 unspecified atom stereocenters. The van der Waals surface area contributed by atoms with E-state index in [-0.39, 0.29) is 17.3 Å². The Morgan fingerprint density at radius 3 is 2.33 bits per heavy atom. The van der Waals surface area contributed by atoms with E-state index in [0.717, 1.165) is 13.0 Å². The molecule has 1 atom stereocenters. The Kier molecular flexibility index (Phi) is 3.67. The maximum atomic E-state index is 5.93. The van der Waals surface area contributed by atoms with Crippen LogP contribution in [0.3, 0.4) is 0 Å². The van der Waals surface area contributed by atoms with Crippen LogP contribution >= 0.6 is 0 Å². The minimum Gasteiger partial charge on any atom is -0.474 e. The molecular formula is C14H21BN2O4. The first-order chi connectivity index (χ1) is 9.87. The molecule has 2 fully saturated rings. The highest BCUT2D eigenvalue weighted by Crippen LogP contribution is 2.36. The Morgan fingerprint density at radius 2 is 1.86 bits per heavy atom. The largest absolute Gasteiger partial charge is 0.516 e. The highest BCUT2D eigenvalue weighted by molar-refractivity contribution is 6.61. The lowest BCUT2D eigenvalue weighted by Crippen LogP contribution is -2.41. The summed E-state index contributed by atoms with van der Waals surface area (Å²) < 4.78 is 22.7. The molecule has 2 saturated heterocycles. The van der Waals surface area contributed by atoms with Crippen molar-refractivity contribution in [2.45, 2.75) is 51.4 Å². The quantitative estimate of drug-likeness (QED) is 0.770. The van der Waals surface area contributed by atoms with Gasteiger partial charge in [-0.2, -0.15) is 0 Å². The van der Waals surface area contributed by atoms with Crippen LogP contribution in [-0.4, -0.2) is 47.6 Å². The minimum atomic E-state index is -0.494. The van der Waals surface area contributed by atoms with Crippen molar-refractivity contribution >= 4 is 12.7 Å². The van der Waals surface area contributed by atoms with Crippen molar-refractivity contribution in [3.63, 3.8) is 0 Å². The molecule has 3 rings (SSSR count). The molecule has 114 valence electrons. The second-order valence-electron chi connectivity index (χ2n) is 6.46. The van der Waals surface area contributed by atoms with Crippen molar-refractivity contribution in [3.8, 4) is 5.88 Å². The lowest BCUT2D eigenvalue weighted by atomic mass is 9.85. The Labute approximate surface area is 125 Å². The second-order valence-corrected chi connectivity index (χ2v) is 6.46. The molecule has 3 heterocycles. The molecule has 0 saturated carbocycles. The minimum absolute atomic E-state index is 0.189. The van der Waals surface area contributed by atoms with Crippen molar-refractivity contribution in [1.82, 2.24) is 9.97 Å². The van der Waals surface area contributed by atoms with E-state index in [4.69, 9.17) is 18.8 Å². The van der Waals surface area contributed by atoms with E-state index in [9.17, 15) is 0 Å². The van der Waals surface area contributed by atoms with Gasteiger partial charge in [0.05, 0.1) is 29.1 Å². The van der Waals surface area contributed by atoms with Gasteiger partial charge in [-0.3, -0.25) is 4.98 Å². The second kappa shape index (κ2) is 5.23. The van der Waals surface area contributed by atoms with E-state index in [1.807, 2.05) is 27.7 Å². The zero-order chi connectivity index (χ0) is 15.1. The standard InChI is InChI=1S/C14H21BN2O4/c1-13(2)14(3,4)21-15(20-13)11-7-17-12(8-16-11)19-9-10-5-6-18-10/h7-8,10H,5-6,9H2,1-4H3. The van der Waals surface area contributed by atoms with Gasteiger partial charge in [-0.15, -0.1) is 0 Å². The summed E-state index contributed by atoms with van der Waals surface area (Å²) in [7, 11) is -0.494. The maximum absolute atomic E-state index is 5.93. The summed E-state index contributed by atoms with van der Waals surface area (Å²) in [6.07, 6.45) is 4.46. The van der Waals surface area contributed by atoms with Crippen LogP contribution in [-0.2, 0) is 14.0 Å².